The fraction of sp³-hybridized carbons (Fsp3) is 0.667. The summed E-state index contributed by atoms with van der Waals surface area (Å²) in [6.45, 7) is 6.20. The zero-order valence-electron chi connectivity index (χ0n) is 7.94. The Morgan fingerprint density at radius 1 is 1.69 bits per heavy atom. The van der Waals surface area contributed by atoms with Gasteiger partial charge in [0.05, 0.1) is 12.6 Å². The number of carbonyl (C=O) groups is 1. The van der Waals surface area contributed by atoms with E-state index in [1.807, 2.05) is 6.92 Å². The van der Waals surface area contributed by atoms with Crippen molar-refractivity contribution in [3.05, 3.63) is 12.7 Å². The van der Waals surface area contributed by atoms with Gasteiger partial charge in [-0.25, -0.2) is 0 Å². The maximum Gasteiger partial charge on any atom is 0.317 e. The Balaban J connectivity index is 3.92. The van der Waals surface area contributed by atoms with E-state index in [2.05, 4.69) is 6.58 Å². The Hall–Kier alpha value is -0.870. The molecule has 0 aliphatic carbocycles. The van der Waals surface area contributed by atoms with Gasteiger partial charge >= 0.3 is 5.97 Å². The molecule has 0 aromatic carbocycles. The molecule has 0 heterocycles. The van der Waals surface area contributed by atoms with Gasteiger partial charge in [-0.2, -0.15) is 0 Å². The normalized spacial score (nSPS) is 12.8. The van der Waals surface area contributed by atoms with Crippen LogP contribution >= 0.6 is 0 Å². The van der Waals surface area contributed by atoms with Crippen LogP contribution in [0.4, 0.5) is 0 Å². The van der Waals surface area contributed by atoms with Gasteiger partial charge in [-0.05, 0) is 6.42 Å². The highest BCUT2D eigenvalue weighted by molar-refractivity contribution is 5.69. The van der Waals surface area contributed by atoms with E-state index in [9.17, 15) is 9.90 Å². The van der Waals surface area contributed by atoms with Crippen LogP contribution < -0.4 is 0 Å². The van der Waals surface area contributed by atoms with Crippen LogP contribution in [0, 0.1) is 0 Å². The molecule has 0 radical (unpaired) electrons. The van der Waals surface area contributed by atoms with Gasteiger partial charge in [0.15, 0.2) is 0 Å². The molecule has 2 N–H and O–H groups in total. The molecule has 0 aliphatic rings. The lowest BCUT2D eigenvalue weighted by molar-refractivity contribution is -0.138. The third-order valence-corrected chi connectivity index (χ3v) is 1.69. The average molecular weight is 187 g/mol. The van der Waals surface area contributed by atoms with Crippen molar-refractivity contribution in [3.8, 4) is 0 Å². The topological polar surface area (TPSA) is 60.8 Å². The molecular formula is C9H17NO3. The highest BCUT2D eigenvalue weighted by Crippen LogP contribution is 1.96. The number of hydrogen-bond donors (Lipinski definition) is 2. The SMILES string of the molecule is C=CCN(CC(=O)O)CC(O)CC. The smallest absolute Gasteiger partial charge is 0.317 e. The van der Waals surface area contributed by atoms with Crippen molar-refractivity contribution in [2.24, 2.45) is 0 Å². The van der Waals surface area contributed by atoms with E-state index in [0.29, 0.717) is 19.5 Å². The number of carboxylic acids is 1. The first-order valence-corrected chi connectivity index (χ1v) is 4.33. The fourth-order valence-corrected chi connectivity index (χ4v) is 1.00. The highest BCUT2D eigenvalue weighted by Gasteiger charge is 2.11. The number of aliphatic carboxylic acids is 1. The molecule has 0 bridgehead atoms. The lowest BCUT2D eigenvalue weighted by Crippen LogP contribution is -2.36. The van der Waals surface area contributed by atoms with Crippen molar-refractivity contribution in [2.45, 2.75) is 19.4 Å². The Labute approximate surface area is 78.5 Å². The lowest BCUT2D eigenvalue weighted by atomic mass is 10.2. The van der Waals surface area contributed by atoms with Crippen molar-refractivity contribution < 1.29 is 15.0 Å². The number of rotatable bonds is 7. The first-order valence-electron chi connectivity index (χ1n) is 4.33. The second-order valence-corrected chi connectivity index (χ2v) is 2.94. The summed E-state index contributed by atoms with van der Waals surface area (Å²) in [6, 6.07) is 0. The van der Waals surface area contributed by atoms with E-state index in [0.717, 1.165) is 0 Å². The van der Waals surface area contributed by atoms with E-state index in [1.165, 1.54) is 0 Å². The molecular weight excluding hydrogens is 170 g/mol. The van der Waals surface area contributed by atoms with Crippen LogP contribution in [0.5, 0.6) is 0 Å². The Morgan fingerprint density at radius 2 is 2.31 bits per heavy atom. The molecule has 0 aromatic heterocycles. The predicted octanol–water partition coefficient (Wildman–Crippen LogP) is 0.330. The minimum atomic E-state index is -0.884. The standard InChI is InChI=1S/C9H17NO3/c1-3-5-10(7-9(12)13)6-8(11)4-2/h3,8,11H,1,4-7H2,2H3,(H,12,13). The second-order valence-electron chi connectivity index (χ2n) is 2.94. The van der Waals surface area contributed by atoms with Gasteiger partial charge in [-0.15, -0.1) is 6.58 Å². The maximum absolute atomic E-state index is 10.4. The van der Waals surface area contributed by atoms with E-state index in [-0.39, 0.29) is 6.54 Å². The Kier molecular flexibility index (Phi) is 6.18. The molecule has 0 fully saturated rings. The van der Waals surface area contributed by atoms with Crippen LogP contribution in [0.15, 0.2) is 12.7 Å². The van der Waals surface area contributed by atoms with Gasteiger partial charge in [0.25, 0.3) is 0 Å². The van der Waals surface area contributed by atoms with E-state index < -0.39 is 12.1 Å². The van der Waals surface area contributed by atoms with Crippen LogP contribution in [0.1, 0.15) is 13.3 Å². The average Bonchev–Trinajstić information content (AvgIpc) is 2.03. The van der Waals surface area contributed by atoms with Crippen LogP contribution in [-0.2, 0) is 4.79 Å². The number of nitrogens with zero attached hydrogens (tertiary/aromatic N) is 1. The minimum absolute atomic E-state index is 0.0525. The largest absolute Gasteiger partial charge is 0.480 e. The Bertz CT molecular complexity index is 170. The summed E-state index contributed by atoms with van der Waals surface area (Å²) >= 11 is 0. The van der Waals surface area contributed by atoms with Crippen LogP contribution in [-0.4, -0.2) is 46.8 Å². The summed E-state index contributed by atoms with van der Waals surface area (Å²) in [5.74, 6) is -0.884. The summed E-state index contributed by atoms with van der Waals surface area (Å²) in [5, 5.41) is 17.8. The van der Waals surface area contributed by atoms with Gasteiger partial charge in [0.2, 0.25) is 0 Å². The molecule has 0 amide bonds. The second kappa shape index (κ2) is 6.62. The highest BCUT2D eigenvalue weighted by atomic mass is 16.4. The van der Waals surface area contributed by atoms with E-state index >= 15 is 0 Å². The molecule has 0 spiro atoms. The quantitative estimate of drug-likeness (QED) is 0.564. The molecule has 0 aliphatic heterocycles. The molecule has 0 saturated heterocycles. The van der Waals surface area contributed by atoms with Crippen LogP contribution in [0.3, 0.4) is 0 Å². The third kappa shape index (κ3) is 6.31. The van der Waals surface area contributed by atoms with Crippen molar-refractivity contribution in [1.82, 2.24) is 4.90 Å². The van der Waals surface area contributed by atoms with Gasteiger partial charge in [0.1, 0.15) is 0 Å². The molecule has 0 rings (SSSR count). The monoisotopic (exact) mass is 187 g/mol. The minimum Gasteiger partial charge on any atom is -0.480 e. The zero-order chi connectivity index (χ0) is 10.3. The lowest BCUT2D eigenvalue weighted by Gasteiger charge is -2.20. The summed E-state index contributed by atoms with van der Waals surface area (Å²) < 4.78 is 0. The molecule has 76 valence electrons. The summed E-state index contributed by atoms with van der Waals surface area (Å²) in [4.78, 5) is 12.0. The Morgan fingerprint density at radius 3 is 2.69 bits per heavy atom. The maximum atomic E-state index is 10.4. The molecule has 1 unspecified atom stereocenters. The molecule has 1 atom stereocenters. The molecule has 13 heavy (non-hydrogen) atoms. The molecule has 0 aromatic rings. The molecule has 0 saturated carbocycles. The van der Waals surface area contributed by atoms with Crippen molar-refractivity contribution in [3.63, 3.8) is 0 Å². The number of carboxylic acid groups (broad SMARTS) is 1. The molecule has 4 heteroatoms. The zero-order valence-corrected chi connectivity index (χ0v) is 7.94. The van der Waals surface area contributed by atoms with E-state index in [1.54, 1.807) is 11.0 Å². The van der Waals surface area contributed by atoms with E-state index in [4.69, 9.17) is 5.11 Å². The van der Waals surface area contributed by atoms with Crippen molar-refractivity contribution in [1.29, 1.82) is 0 Å². The number of aliphatic hydroxyl groups excluding tert-OH is 1. The van der Waals surface area contributed by atoms with Gasteiger partial charge in [0, 0.05) is 13.1 Å². The fourth-order valence-electron chi connectivity index (χ4n) is 1.00. The van der Waals surface area contributed by atoms with Crippen molar-refractivity contribution in [2.75, 3.05) is 19.6 Å². The summed E-state index contributed by atoms with van der Waals surface area (Å²) in [5.41, 5.74) is 0. The first kappa shape index (κ1) is 12.1. The predicted molar refractivity (Wildman–Crippen MR) is 50.6 cm³/mol. The van der Waals surface area contributed by atoms with Gasteiger partial charge < -0.3 is 10.2 Å². The van der Waals surface area contributed by atoms with Crippen molar-refractivity contribution >= 4 is 5.97 Å². The van der Waals surface area contributed by atoms with Crippen LogP contribution in [0.25, 0.3) is 0 Å². The van der Waals surface area contributed by atoms with Gasteiger partial charge in [-0.3, -0.25) is 9.69 Å². The van der Waals surface area contributed by atoms with Gasteiger partial charge in [-0.1, -0.05) is 13.0 Å². The number of aliphatic hydroxyl groups is 1. The summed E-state index contributed by atoms with van der Waals surface area (Å²) in [7, 11) is 0. The van der Waals surface area contributed by atoms with Crippen LogP contribution in [0.2, 0.25) is 0 Å². The molecule has 4 nitrogen and oxygen atoms in total. The third-order valence-electron chi connectivity index (χ3n) is 1.69. The summed E-state index contributed by atoms with van der Waals surface area (Å²) in [6.07, 6.45) is 1.80. The number of hydrogen-bond acceptors (Lipinski definition) is 3. The first-order chi connectivity index (χ1) is 6.10.